The van der Waals surface area contributed by atoms with Crippen molar-refractivity contribution in [2.24, 2.45) is 0 Å². The summed E-state index contributed by atoms with van der Waals surface area (Å²) in [4.78, 5) is 8.59. The molecule has 0 saturated heterocycles. The number of aromatic amines is 1. The molecule has 0 aliphatic carbocycles. The molecular formula is C28H22N2. The zero-order chi connectivity index (χ0) is 20.2. The van der Waals surface area contributed by atoms with Gasteiger partial charge in [-0.2, -0.15) is 0 Å². The van der Waals surface area contributed by atoms with E-state index in [-0.39, 0.29) is 0 Å². The molecule has 0 atom stereocenters. The zero-order valence-electron chi connectivity index (χ0n) is 16.6. The average molecular weight is 386 g/mol. The maximum Gasteiger partial charge on any atom is 0.126 e. The van der Waals surface area contributed by atoms with E-state index in [0.29, 0.717) is 0 Å². The largest absolute Gasteiger partial charge is 0.341 e. The summed E-state index contributed by atoms with van der Waals surface area (Å²) in [5.41, 5.74) is 5.12. The van der Waals surface area contributed by atoms with Crippen LogP contribution in [0.25, 0.3) is 11.3 Å². The topological polar surface area (TPSA) is 28.7 Å². The smallest absolute Gasteiger partial charge is 0.126 e. The van der Waals surface area contributed by atoms with Crippen LogP contribution in [0.15, 0.2) is 128 Å². The van der Waals surface area contributed by atoms with E-state index in [9.17, 15) is 0 Å². The fraction of sp³-hybridized carbons (Fsp3) is 0.0357. The van der Waals surface area contributed by atoms with Crippen LogP contribution < -0.4 is 0 Å². The maximum atomic E-state index is 4.94. The molecule has 0 aliphatic rings. The molecule has 1 aromatic heterocycles. The van der Waals surface area contributed by atoms with Crippen LogP contribution in [0.1, 0.15) is 22.5 Å². The summed E-state index contributed by atoms with van der Waals surface area (Å²) in [6.45, 7) is 0. The first kappa shape index (κ1) is 18.1. The third-order valence-corrected chi connectivity index (χ3v) is 5.64. The van der Waals surface area contributed by atoms with Crippen LogP contribution in [0.4, 0.5) is 0 Å². The Morgan fingerprint density at radius 3 is 1.33 bits per heavy atom. The quantitative estimate of drug-likeness (QED) is 0.345. The minimum atomic E-state index is -0.545. The van der Waals surface area contributed by atoms with Crippen molar-refractivity contribution < 1.29 is 0 Å². The molecule has 0 fully saturated rings. The molecule has 1 N–H and O–H groups in total. The van der Waals surface area contributed by atoms with Crippen LogP contribution in [0.5, 0.6) is 0 Å². The van der Waals surface area contributed by atoms with Gasteiger partial charge in [-0.05, 0) is 22.3 Å². The van der Waals surface area contributed by atoms with Crippen LogP contribution in [0, 0.1) is 0 Å². The molecule has 0 amide bonds. The van der Waals surface area contributed by atoms with Gasteiger partial charge in [0.15, 0.2) is 0 Å². The van der Waals surface area contributed by atoms with Crippen molar-refractivity contribution in [1.29, 1.82) is 0 Å². The summed E-state index contributed by atoms with van der Waals surface area (Å²) in [6.07, 6.45) is 1.94. The summed E-state index contributed by atoms with van der Waals surface area (Å²) in [5.74, 6) is 0.907. The second kappa shape index (κ2) is 7.84. The highest BCUT2D eigenvalue weighted by molar-refractivity contribution is 5.62. The minimum absolute atomic E-state index is 0.545. The van der Waals surface area contributed by atoms with E-state index >= 15 is 0 Å². The molecule has 0 bridgehead atoms. The Hall–Kier alpha value is -3.91. The Labute approximate surface area is 176 Å². The van der Waals surface area contributed by atoms with Gasteiger partial charge >= 0.3 is 0 Å². The van der Waals surface area contributed by atoms with Gasteiger partial charge in [-0.15, -0.1) is 0 Å². The number of rotatable bonds is 5. The van der Waals surface area contributed by atoms with Crippen LogP contribution in [0.3, 0.4) is 0 Å². The Morgan fingerprint density at radius 2 is 0.900 bits per heavy atom. The number of hydrogen-bond donors (Lipinski definition) is 1. The third kappa shape index (κ3) is 3.03. The number of hydrogen-bond acceptors (Lipinski definition) is 1. The van der Waals surface area contributed by atoms with Crippen molar-refractivity contribution in [3.63, 3.8) is 0 Å². The standard InChI is InChI=1S/C28H22N2/c1-5-13-22(14-6-1)26-21-29-27(30-26)28(23-15-7-2-8-16-23,24-17-9-3-10-18-24)25-19-11-4-12-20-25/h1-21H,(H,29,30). The molecule has 5 aromatic rings. The van der Waals surface area contributed by atoms with Gasteiger partial charge in [0.05, 0.1) is 11.9 Å². The predicted octanol–water partition coefficient (Wildman–Crippen LogP) is 6.46. The Kier molecular flexibility index (Phi) is 4.74. The van der Waals surface area contributed by atoms with Gasteiger partial charge in [0.1, 0.15) is 11.2 Å². The lowest BCUT2D eigenvalue weighted by Gasteiger charge is -2.34. The van der Waals surface area contributed by atoms with Crippen molar-refractivity contribution in [2.45, 2.75) is 5.41 Å². The van der Waals surface area contributed by atoms with Gasteiger partial charge in [0.25, 0.3) is 0 Å². The molecule has 5 rings (SSSR count). The molecule has 0 saturated carbocycles. The average Bonchev–Trinajstić information content (AvgIpc) is 3.33. The fourth-order valence-electron chi connectivity index (χ4n) is 4.25. The Morgan fingerprint density at radius 1 is 0.500 bits per heavy atom. The number of nitrogens with zero attached hydrogens (tertiary/aromatic N) is 1. The van der Waals surface area contributed by atoms with Gasteiger partial charge in [0, 0.05) is 0 Å². The first-order valence-corrected chi connectivity index (χ1v) is 10.2. The van der Waals surface area contributed by atoms with E-state index in [2.05, 4.69) is 120 Å². The zero-order valence-corrected chi connectivity index (χ0v) is 16.6. The highest BCUT2D eigenvalue weighted by atomic mass is 14.9. The number of benzene rings is 4. The summed E-state index contributed by atoms with van der Waals surface area (Å²) >= 11 is 0. The lowest BCUT2D eigenvalue weighted by Crippen LogP contribution is -2.32. The van der Waals surface area contributed by atoms with E-state index in [1.807, 2.05) is 12.3 Å². The van der Waals surface area contributed by atoms with Gasteiger partial charge in [-0.1, -0.05) is 121 Å². The predicted molar refractivity (Wildman–Crippen MR) is 122 cm³/mol. The Balaban J connectivity index is 1.82. The molecule has 1 heterocycles. The van der Waals surface area contributed by atoms with E-state index in [1.165, 1.54) is 16.7 Å². The Bertz CT molecular complexity index is 1110. The van der Waals surface area contributed by atoms with E-state index in [1.54, 1.807) is 0 Å². The summed E-state index contributed by atoms with van der Waals surface area (Å²) < 4.78 is 0. The molecule has 2 nitrogen and oxygen atoms in total. The normalized spacial score (nSPS) is 11.3. The number of imidazole rings is 1. The SMILES string of the molecule is c1ccc(-c2cnc(C(c3ccccc3)(c3ccccc3)c3ccccc3)[nH]2)cc1. The first-order chi connectivity index (χ1) is 14.9. The van der Waals surface area contributed by atoms with E-state index in [4.69, 9.17) is 4.98 Å². The summed E-state index contributed by atoms with van der Waals surface area (Å²) in [7, 11) is 0. The molecular weight excluding hydrogens is 364 g/mol. The van der Waals surface area contributed by atoms with Gasteiger partial charge in [-0.25, -0.2) is 4.98 Å². The molecule has 0 aliphatic heterocycles. The van der Waals surface area contributed by atoms with Crippen LogP contribution in [-0.2, 0) is 5.41 Å². The highest BCUT2D eigenvalue weighted by Gasteiger charge is 2.40. The summed E-state index contributed by atoms with van der Waals surface area (Å²) in [6, 6.07) is 42.2. The summed E-state index contributed by atoms with van der Waals surface area (Å²) in [5, 5.41) is 0. The van der Waals surface area contributed by atoms with Crippen molar-refractivity contribution in [3.8, 4) is 11.3 Å². The van der Waals surface area contributed by atoms with Crippen molar-refractivity contribution in [2.75, 3.05) is 0 Å². The first-order valence-electron chi connectivity index (χ1n) is 10.2. The number of aromatic nitrogens is 2. The third-order valence-electron chi connectivity index (χ3n) is 5.64. The molecule has 0 unspecified atom stereocenters. The van der Waals surface area contributed by atoms with Crippen molar-refractivity contribution in [1.82, 2.24) is 9.97 Å². The van der Waals surface area contributed by atoms with Crippen molar-refractivity contribution >= 4 is 0 Å². The molecule has 4 aromatic carbocycles. The second-order valence-corrected chi connectivity index (χ2v) is 7.36. The highest BCUT2D eigenvalue weighted by Crippen LogP contribution is 2.44. The van der Waals surface area contributed by atoms with Crippen LogP contribution >= 0.6 is 0 Å². The number of nitrogens with one attached hydrogen (secondary N) is 1. The molecule has 0 radical (unpaired) electrons. The minimum Gasteiger partial charge on any atom is -0.341 e. The van der Waals surface area contributed by atoms with Gasteiger partial charge in [-0.3, -0.25) is 0 Å². The lowest BCUT2D eigenvalue weighted by atomic mass is 9.69. The molecule has 30 heavy (non-hydrogen) atoms. The van der Waals surface area contributed by atoms with Crippen LogP contribution in [-0.4, -0.2) is 9.97 Å². The fourth-order valence-corrected chi connectivity index (χ4v) is 4.25. The lowest BCUT2D eigenvalue weighted by molar-refractivity contribution is 0.692. The maximum absolute atomic E-state index is 4.94. The molecule has 0 spiro atoms. The second-order valence-electron chi connectivity index (χ2n) is 7.36. The molecule has 2 heteroatoms. The van der Waals surface area contributed by atoms with Crippen molar-refractivity contribution in [3.05, 3.63) is 150 Å². The van der Waals surface area contributed by atoms with E-state index in [0.717, 1.165) is 17.1 Å². The van der Waals surface area contributed by atoms with Crippen LogP contribution in [0.2, 0.25) is 0 Å². The van der Waals surface area contributed by atoms with Gasteiger partial charge < -0.3 is 4.98 Å². The number of H-pyrrole nitrogens is 1. The monoisotopic (exact) mass is 386 g/mol. The molecule has 144 valence electrons. The van der Waals surface area contributed by atoms with Gasteiger partial charge in [0.2, 0.25) is 0 Å². The van der Waals surface area contributed by atoms with E-state index < -0.39 is 5.41 Å².